The Morgan fingerprint density at radius 2 is 2.19 bits per heavy atom. The average Bonchev–Trinajstić information content (AvgIpc) is 3.02. The molecule has 8 heteroatoms. The molecule has 7 nitrogen and oxygen atoms in total. The number of ketones is 1. The zero-order valence-corrected chi connectivity index (χ0v) is 13.1. The van der Waals surface area contributed by atoms with Crippen molar-refractivity contribution in [3.8, 4) is 0 Å². The van der Waals surface area contributed by atoms with Gasteiger partial charge in [0, 0.05) is 20.2 Å². The molecule has 0 aromatic carbocycles. The number of methoxy groups -OCH3 is 1. The number of nitrogens with zero attached hydrogens (tertiary/aromatic N) is 3. The number of anilines is 2. The third kappa shape index (κ3) is 3.10. The summed E-state index contributed by atoms with van der Waals surface area (Å²) in [6, 6.07) is 0. The van der Waals surface area contributed by atoms with Gasteiger partial charge in [0.2, 0.25) is 0 Å². The summed E-state index contributed by atoms with van der Waals surface area (Å²) in [7, 11) is 3.09. The normalized spacial score (nSPS) is 10.5. The molecule has 0 aliphatic carbocycles. The molecule has 0 saturated carbocycles. The molecule has 112 valence electrons. The number of ether oxygens (including phenoxy) is 1. The first-order valence-corrected chi connectivity index (χ1v) is 7.17. The first-order chi connectivity index (χ1) is 9.96. The van der Waals surface area contributed by atoms with E-state index in [2.05, 4.69) is 20.1 Å². The highest BCUT2D eigenvalue weighted by molar-refractivity contribution is 7.17. The minimum absolute atomic E-state index is 0.0411. The smallest absolute Gasteiger partial charge is 0.358 e. The number of rotatable bonds is 5. The quantitative estimate of drug-likeness (QED) is 0.673. The van der Waals surface area contributed by atoms with Gasteiger partial charge < -0.3 is 10.1 Å². The van der Waals surface area contributed by atoms with E-state index in [9.17, 15) is 9.59 Å². The van der Waals surface area contributed by atoms with Crippen LogP contribution >= 0.6 is 11.3 Å². The third-order valence-electron chi connectivity index (χ3n) is 2.81. The van der Waals surface area contributed by atoms with Crippen LogP contribution in [0.15, 0.2) is 6.20 Å². The number of hydrogen-bond donors (Lipinski definition) is 1. The van der Waals surface area contributed by atoms with Crippen molar-refractivity contribution in [1.29, 1.82) is 0 Å². The molecule has 2 aromatic heterocycles. The van der Waals surface area contributed by atoms with Crippen LogP contribution in [-0.2, 0) is 18.2 Å². The maximum Gasteiger partial charge on any atom is 0.358 e. The van der Waals surface area contributed by atoms with Gasteiger partial charge in [-0.25, -0.2) is 9.78 Å². The van der Waals surface area contributed by atoms with Crippen molar-refractivity contribution in [3.63, 3.8) is 0 Å². The van der Waals surface area contributed by atoms with Gasteiger partial charge >= 0.3 is 5.97 Å². The molecule has 21 heavy (non-hydrogen) atoms. The predicted octanol–water partition coefficient (Wildman–Crippen LogP) is 2.17. The second kappa shape index (κ2) is 6.04. The van der Waals surface area contributed by atoms with Crippen molar-refractivity contribution in [2.75, 3.05) is 12.4 Å². The maximum absolute atomic E-state index is 11.7. The summed E-state index contributed by atoms with van der Waals surface area (Å²) in [5.41, 5.74) is 1.73. The van der Waals surface area contributed by atoms with Crippen LogP contribution in [0.4, 0.5) is 10.8 Å². The molecular formula is C13H16N4O3S. The lowest BCUT2D eigenvalue weighted by Gasteiger charge is -2.00. The number of thiazole rings is 1. The van der Waals surface area contributed by atoms with Crippen LogP contribution in [0.1, 0.15) is 39.7 Å². The molecule has 2 aromatic rings. The standard InChI is InChI=1S/C13H16N4O3S/c1-5-8-9(6-17(3)16-8)14-13-15-10(12(19)20-4)11(21-13)7(2)18/h6H,5H2,1-4H3,(H,14,15). The summed E-state index contributed by atoms with van der Waals surface area (Å²) >= 11 is 1.12. The highest BCUT2D eigenvalue weighted by Crippen LogP contribution is 2.28. The summed E-state index contributed by atoms with van der Waals surface area (Å²) in [6.45, 7) is 3.39. The van der Waals surface area contributed by atoms with Gasteiger partial charge in [-0.2, -0.15) is 5.10 Å². The molecule has 0 aliphatic rings. The van der Waals surface area contributed by atoms with Gasteiger partial charge in [-0.05, 0) is 6.42 Å². The number of aryl methyl sites for hydroxylation is 2. The Balaban J connectivity index is 2.36. The first-order valence-electron chi connectivity index (χ1n) is 6.35. The highest BCUT2D eigenvalue weighted by Gasteiger charge is 2.22. The van der Waals surface area contributed by atoms with E-state index in [1.54, 1.807) is 4.68 Å². The molecule has 0 bridgehead atoms. The number of carbonyl (C=O) groups is 2. The van der Waals surface area contributed by atoms with E-state index >= 15 is 0 Å². The predicted molar refractivity (Wildman–Crippen MR) is 79.3 cm³/mol. The topological polar surface area (TPSA) is 86.1 Å². The van der Waals surface area contributed by atoms with Crippen LogP contribution < -0.4 is 5.32 Å². The van der Waals surface area contributed by atoms with Crippen molar-refractivity contribution in [2.45, 2.75) is 20.3 Å². The Bertz CT molecular complexity index is 690. The van der Waals surface area contributed by atoms with E-state index < -0.39 is 5.97 Å². The zero-order valence-electron chi connectivity index (χ0n) is 12.3. The van der Waals surface area contributed by atoms with Gasteiger partial charge in [-0.3, -0.25) is 9.48 Å². The molecule has 0 saturated heterocycles. The molecule has 0 unspecified atom stereocenters. The van der Waals surface area contributed by atoms with Gasteiger partial charge in [0.25, 0.3) is 0 Å². The van der Waals surface area contributed by atoms with Gasteiger partial charge in [-0.1, -0.05) is 18.3 Å². The van der Waals surface area contributed by atoms with Crippen LogP contribution in [0.3, 0.4) is 0 Å². The largest absolute Gasteiger partial charge is 0.464 e. The summed E-state index contributed by atoms with van der Waals surface area (Å²) in [4.78, 5) is 27.7. The lowest BCUT2D eigenvalue weighted by atomic mass is 10.3. The van der Waals surface area contributed by atoms with E-state index in [0.29, 0.717) is 5.13 Å². The van der Waals surface area contributed by atoms with Crippen molar-refractivity contribution in [3.05, 3.63) is 22.5 Å². The number of nitrogens with one attached hydrogen (secondary N) is 1. The van der Waals surface area contributed by atoms with E-state index in [-0.39, 0.29) is 16.4 Å². The van der Waals surface area contributed by atoms with Crippen LogP contribution in [0.25, 0.3) is 0 Å². The Morgan fingerprint density at radius 1 is 1.48 bits per heavy atom. The second-order valence-electron chi connectivity index (χ2n) is 4.39. The number of carbonyl (C=O) groups excluding carboxylic acids is 2. The fraction of sp³-hybridized carbons (Fsp3) is 0.385. The average molecular weight is 308 g/mol. The molecular weight excluding hydrogens is 292 g/mol. The Kier molecular flexibility index (Phi) is 4.37. The Hall–Kier alpha value is -2.22. The summed E-state index contributed by atoms with van der Waals surface area (Å²) in [6.07, 6.45) is 2.59. The fourth-order valence-electron chi connectivity index (χ4n) is 1.86. The molecule has 2 rings (SSSR count). The SMILES string of the molecule is CCc1nn(C)cc1Nc1nc(C(=O)OC)c(C(C)=O)s1. The molecule has 2 heterocycles. The summed E-state index contributed by atoms with van der Waals surface area (Å²) < 4.78 is 6.34. The van der Waals surface area contributed by atoms with E-state index in [1.165, 1.54) is 14.0 Å². The molecule has 0 radical (unpaired) electrons. The highest BCUT2D eigenvalue weighted by atomic mass is 32.1. The van der Waals surface area contributed by atoms with Crippen LogP contribution in [0.5, 0.6) is 0 Å². The third-order valence-corrected chi connectivity index (χ3v) is 3.88. The minimum atomic E-state index is -0.619. The first kappa shape index (κ1) is 15.2. The minimum Gasteiger partial charge on any atom is -0.464 e. The number of esters is 1. The number of Topliss-reactive ketones (excluding diaryl/α,β-unsaturated/α-hetero) is 1. The van der Waals surface area contributed by atoms with Gasteiger partial charge in [-0.15, -0.1) is 0 Å². The monoisotopic (exact) mass is 308 g/mol. The van der Waals surface area contributed by atoms with Gasteiger partial charge in [0.15, 0.2) is 16.6 Å². The van der Waals surface area contributed by atoms with Gasteiger partial charge in [0.1, 0.15) is 4.88 Å². The molecule has 0 atom stereocenters. The maximum atomic E-state index is 11.7. The van der Waals surface area contributed by atoms with Crippen LogP contribution in [0, 0.1) is 0 Å². The number of aromatic nitrogens is 3. The van der Waals surface area contributed by atoms with Crippen LogP contribution in [-0.4, -0.2) is 33.6 Å². The van der Waals surface area contributed by atoms with Crippen molar-refractivity contribution in [1.82, 2.24) is 14.8 Å². The Morgan fingerprint density at radius 3 is 2.76 bits per heavy atom. The van der Waals surface area contributed by atoms with Crippen molar-refractivity contribution < 1.29 is 14.3 Å². The summed E-state index contributed by atoms with van der Waals surface area (Å²) in [5, 5.41) is 7.88. The second-order valence-corrected chi connectivity index (χ2v) is 5.39. The van der Waals surface area contributed by atoms with E-state index in [4.69, 9.17) is 0 Å². The molecule has 0 spiro atoms. The molecule has 0 fully saturated rings. The molecule has 1 N–H and O–H groups in total. The lowest BCUT2D eigenvalue weighted by Crippen LogP contribution is -2.07. The van der Waals surface area contributed by atoms with Crippen molar-refractivity contribution >= 4 is 33.9 Å². The van der Waals surface area contributed by atoms with E-state index in [1.807, 2.05) is 20.2 Å². The number of hydrogen-bond acceptors (Lipinski definition) is 7. The Labute approximate surface area is 125 Å². The molecule has 0 aliphatic heterocycles. The molecule has 0 amide bonds. The van der Waals surface area contributed by atoms with Crippen LogP contribution in [0.2, 0.25) is 0 Å². The van der Waals surface area contributed by atoms with Gasteiger partial charge in [0.05, 0.1) is 18.5 Å². The zero-order chi connectivity index (χ0) is 15.6. The fourth-order valence-corrected chi connectivity index (χ4v) is 2.72. The summed E-state index contributed by atoms with van der Waals surface area (Å²) in [5.74, 6) is -0.839. The lowest BCUT2D eigenvalue weighted by molar-refractivity contribution is 0.0591. The van der Waals surface area contributed by atoms with Crippen molar-refractivity contribution in [2.24, 2.45) is 7.05 Å². The van der Waals surface area contributed by atoms with E-state index in [0.717, 1.165) is 29.1 Å².